The highest BCUT2D eigenvalue weighted by atomic mass is 16.5. The molecule has 0 saturated heterocycles. The first-order valence-corrected chi connectivity index (χ1v) is 7.47. The summed E-state index contributed by atoms with van der Waals surface area (Å²) in [6.45, 7) is 2.31. The van der Waals surface area contributed by atoms with Gasteiger partial charge in [-0.2, -0.15) is 0 Å². The third kappa shape index (κ3) is 4.87. The minimum atomic E-state index is -0.896. The molecule has 0 aromatic carbocycles. The number of methoxy groups -OCH3 is 1. The van der Waals surface area contributed by atoms with E-state index in [0.717, 1.165) is 12.2 Å². The minimum absolute atomic E-state index is 0.0391. The van der Waals surface area contributed by atoms with Crippen LogP contribution in [0.25, 0.3) is 0 Å². The standard InChI is InChI=1S/C16H22N2O5/c1-3-11-6-7-14(23-11)12(10-21-2)18-16(20)17-9-13(19)15-5-4-8-22-15/h4-8,12-13,19H,3,9-10H2,1-2H3,(H2,17,18,20). The number of amides is 2. The number of hydrogen-bond donors (Lipinski definition) is 3. The Morgan fingerprint density at radius 1 is 1.35 bits per heavy atom. The van der Waals surface area contributed by atoms with Gasteiger partial charge < -0.3 is 29.3 Å². The summed E-state index contributed by atoms with van der Waals surface area (Å²) in [5, 5.41) is 15.2. The van der Waals surface area contributed by atoms with E-state index in [1.54, 1.807) is 19.2 Å². The van der Waals surface area contributed by atoms with Crippen molar-refractivity contribution in [2.45, 2.75) is 25.5 Å². The van der Waals surface area contributed by atoms with Crippen molar-refractivity contribution in [1.82, 2.24) is 10.6 Å². The van der Waals surface area contributed by atoms with Crippen molar-refractivity contribution in [2.24, 2.45) is 0 Å². The average Bonchev–Trinajstić information content (AvgIpc) is 3.23. The summed E-state index contributed by atoms with van der Waals surface area (Å²) in [6, 6.07) is 6.19. The van der Waals surface area contributed by atoms with Gasteiger partial charge in [0.1, 0.15) is 29.4 Å². The molecule has 0 radical (unpaired) electrons. The Kier molecular flexibility index (Phi) is 6.25. The number of rotatable bonds is 8. The Morgan fingerprint density at radius 3 is 2.78 bits per heavy atom. The van der Waals surface area contributed by atoms with E-state index in [-0.39, 0.29) is 13.2 Å². The Balaban J connectivity index is 1.87. The number of carbonyl (C=O) groups excluding carboxylic acids is 1. The molecule has 3 N–H and O–H groups in total. The van der Waals surface area contributed by atoms with Crippen molar-refractivity contribution in [3.05, 3.63) is 47.8 Å². The second-order valence-corrected chi connectivity index (χ2v) is 5.05. The molecule has 0 aliphatic carbocycles. The molecule has 0 fully saturated rings. The van der Waals surface area contributed by atoms with E-state index in [1.807, 2.05) is 19.1 Å². The summed E-state index contributed by atoms with van der Waals surface area (Å²) < 4.78 is 15.8. The summed E-state index contributed by atoms with van der Waals surface area (Å²) in [5.41, 5.74) is 0. The van der Waals surface area contributed by atoms with Crippen molar-refractivity contribution < 1.29 is 23.5 Å². The number of ether oxygens (including phenoxy) is 1. The van der Waals surface area contributed by atoms with Crippen LogP contribution in [0, 0.1) is 0 Å². The van der Waals surface area contributed by atoms with Crippen molar-refractivity contribution in [2.75, 3.05) is 20.3 Å². The largest absolute Gasteiger partial charge is 0.467 e. The lowest BCUT2D eigenvalue weighted by Gasteiger charge is -2.17. The average molecular weight is 322 g/mol. The lowest BCUT2D eigenvalue weighted by atomic mass is 10.2. The highest BCUT2D eigenvalue weighted by Gasteiger charge is 2.19. The van der Waals surface area contributed by atoms with E-state index in [0.29, 0.717) is 11.5 Å². The van der Waals surface area contributed by atoms with Gasteiger partial charge in [-0.1, -0.05) is 6.92 Å². The van der Waals surface area contributed by atoms with Gasteiger partial charge in [-0.05, 0) is 24.3 Å². The summed E-state index contributed by atoms with van der Waals surface area (Å²) in [5.74, 6) is 1.87. The zero-order chi connectivity index (χ0) is 16.7. The van der Waals surface area contributed by atoms with Gasteiger partial charge in [0.25, 0.3) is 0 Å². The Bertz CT molecular complexity index is 593. The molecule has 2 atom stereocenters. The predicted octanol–water partition coefficient (Wildman–Crippen LogP) is 2.16. The number of nitrogens with one attached hydrogen (secondary N) is 2. The van der Waals surface area contributed by atoms with Gasteiger partial charge in [0.15, 0.2) is 0 Å². The van der Waals surface area contributed by atoms with Crippen LogP contribution in [0.2, 0.25) is 0 Å². The Labute approximate surface area is 134 Å². The molecule has 0 aliphatic heterocycles. The van der Waals surface area contributed by atoms with E-state index in [9.17, 15) is 9.90 Å². The van der Waals surface area contributed by atoms with Crippen LogP contribution >= 0.6 is 0 Å². The molecule has 0 aliphatic rings. The molecule has 7 heteroatoms. The number of urea groups is 1. The third-order valence-electron chi connectivity index (χ3n) is 3.34. The van der Waals surface area contributed by atoms with Crippen LogP contribution < -0.4 is 10.6 Å². The summed E-state index contributed by atoms with van der Waals surface area (Å²) in [6.07, 6.45) is 1.35. The molecule has 7 nitrogen and oxygen atoms in total. The van der Waals surface area contributed by atoms with Crippen molar-refractivity contribution in [1.29, 1.82) is 0 Å². The maximum atomic E-state index is 12.0. The molecule has 23 heavy (non-hydrogen) atoms. The Morgan fingerprint density at radius 2 is 2.17 bits per heavy atom. The maximum Gasteiger partial charge on any atom is 0.315 e. The van der Waals surface area contributed by atoms with Crippen molar-refractivity contribution in [3.63, 3.8) is 0 Å². The van der Waals surface area contributed by atoms with Gasteiger partial charge >= 0.3 is 6.03 Å². The van der Waals surface area contributed by atoms with Crippen LogP contribution in [0.5, 0.6) is 0 Å². The molecular formula is C16H22N2O5. The quantitative estimate of drug-likeness (QED) is 0.692. The van der Waals surface area contributed by atoms with Crippen molar-refractivity contribution >= 4 is 6.03 Å². The van der Waals surface area contributed by atoms with Crippen LogP contribution in [-0.4, -0.2) is 31.4 Å². The monoisotopic (exact) mass is 322 g/mol. The molecular weight excluding hydrogens is 300 g/mol. The van der Waals surface area contributed by atoms with Gasteiger partial charge in [0, 0.05) is 13.5 Å². The SMILES string of the molecule is CCc1ccc(C(COC)NC(=O)NCC(O)c2ccco2)o1. The first kappa shape index (κ1) is 17.1. The molecule has 126 valence electrons. The van der Waals surface area contributed by atoms with Gasteiger partial charge in [-0.3, -0.25) is 0 Å². The lowest BCUT2D eigenvalue weighted by Crippen LogP contribution is -2.41. The fourth-order valence-electron chi connectivity index (χ4n) is 2.11. The smallest absolute Gasteiger partial charge is 0.315 e. The van der Waals surface area contributed by atoms with Crippen LogP contribution in [0.1, 0.15) is 36.4 Å². The highest BCUT2D eigenvalue weighted by Crippen LogP contribution is 2.17. The fraction of sp³-hybridized carbons (Fsp3) is 0.438. The third-order valence-corrected chi connectivity index (χ3v) is 3.34. The van der Waals surface area contributed by atoms with Gasteiger partial charge in [0.2, 0.25) is 0 Å². The van der Waals surface area contributed by atoms with Gasteiger partial charge in [0.05, 0.1) is 19.4 Å². The second kappa shape index (κ2) is 8.40. The number of furan rings is 2. The zero-order valence-electron chi connectivity index (χ0n) is 13.2. The molecule has 2 unspecified atom stereocenters. The summed E-state index contributed by atoms with van der Waals surface area (Å²) in [4.78, 5) is 12.0. The fourth-order valence-corrected chi connectivity index (χ4v) is 2.11. The van der Waals surface area contributed by atoms with E-state index < -0.39 is 18.2 Å². The summed E-state index contributed by atoms with van der Waals surface area (Å²) in [7, 11) is 1.55. The molecule has 2 heterocycles. The lowest BCUT2D eigenvalue weighted by molar-refractivity contribution is 0.142. The first-order valence-electron chi connectivity index (χ1n) is 7.47. The molecule has 0 spiro atoms. The van der Waals surface area contributed by atoms with Gasteiger partial charge in [-0.15, -0.1) is 0 Å². The molecule has 0 bridgehead atoms. The molecule has 0 saturated carbocycles. The van der Waals surface area contributed by atoms with E-state index in [1.165, 1.54) is 6.26 Å². The van der Waals surface area contributed by atoms with E-state index in [4.69, 9.17) is 13.6 Å². The van der Waals surface area contributed by atoms with Crippen LogP contribution in [-0.2, 0) is 11.2 Å². The van der Waals surface area contributed by atoms with Crippen molar-refractivity contribution in [3.8, 4) is 0 Å². The zero-order valence-corrected chi connectivity index (χ0v) is 13.2. The number of aryl methyl sites for hydroxylation is 1. The highest BCUT2D eigenvalue weighted by molar-refractivity contribution is 5.74. The normalized spacial score (nSPS) is 13.5. The number of hydrogen-bond acceptors (Lipinski definition) is 5. The van der Waals surface area contributed by atoms with Crippen LogP contribution in [0.4, 0.5) is 4.79 Å². The first-order chi connectivity index (χ1) is 11.1. The van der Waals surface area contributed by atoms with Gasteiger partial charge in [-0.25, -0.2) is 4.79 Å². The molecule has 2 amide bonds. The maximum absolute atomic E-state index is 12.0. The predicted molar refractivity (Wildman–Crippen MR) is 82.9 cm³/mol. The number of aliphatic hydroxyl groups is 1. The Hall–Kier alpha value is -2.25. The van der Waals surface area contributed by atoms with E-state index in [2.05, 4.69) is 10.6 Å². The van der Waals surface area contributed by atoms with Crippen LogP contribution in [0.3, 0.4) is 0 Å². The molecule has 2 aromatic heterocycles. The van der Waals surface area contributed by atoms with E-state index >= 15 is 0 Å². The topological polar surface area (TPSA) is 96.9 Å². The second-order valence-electron chi connectivity index (χ2n) is 5.05. The summed E-state index contributed by atoms with van der Waals surface area (Å²) >= 11 is 0. The minimum Gasteiger partial charge on any atom is -0.467 e. The number of aliphatic hydroxyl groups excluding tert-OH is 1. The number of carbonyl (C=O) groups is 1. The molecule has 2 rings (SSSR count). The molecule has 2 aromatic rings. The van der Waals surface area contributed by atoms with Crippen LogP contribution in [0.15, 0.2) is 39.4 Å².